The van der Waals surface area contributed by atoms with E-state index >= 15 is 0 Å². The maximum Gasteiger partial charge on any atom is 0.335 e. The van der Waals surface area contributed by atoms with Gasteiger partial charge in [-0.05, 0) is 111 Å². The summed E-state index contributed by atoms with van der Waals surface area (Å²) in [5.74, 6) is 9.51. The maximum absolute atomic E-state index is 13.6. The first kappa shape index (κ1) is 43.2. The summed E-state index contributed by atoms with van der Waals surface area (Å²) in [5, 5.41) is 11.9. The molecular weight excluding hydrogens is 751 g/mol. The molecule has 0 atom stereocenters. The van der Waals surface area contributed by atoms with Crippen LogP contribution in [0.25, 0.3) is 0 Å². The third kappa shape index (κ3) is 11.6. The number of carboxylic acids is 1. The monoisotopic (exact) mass is 802 g/mol. The second-order valence-corrected chi connectivity index (χ2v) is 15.2. The normalized spacial score (nSPS) is 17.9. The lowest BCUT2D eigenvalue weighted by atomic mass is 9.75. The molecule has 11 heteroatoms. The van der Waals surface area contributed by atoms with Crippen molar-refractivity contribution in [1.29, 1.82) is 0 Å². The van der Waals surface area contributed by atoms with Crippen molar-refractivity contribution in [3.8, 4) is 23.7 Å². The molecule has 4 aromatic rings. The van der Waals surface area contributed by atoms with Crippen LogP contribution in [0.1, 0.15) is 81.5 Å². The molecule has 2 saturated heterocycles. The molecular formula is C48H52F2N4O5. The number of hydrogen-bond donors (Lipinski definition) is 3. The Balaban J connectivity index is 0.000000165. The van der Waals surface area contributed by atoms with Crippen molar-refractivity contribution >= 4 is 11.9 Å². The summed E-state index contributed by atoms with van der Waals surface area (Å²) in [6.07, 6.45) is 7.40. The van der Waals surface area contributed by atoms with E-state index in [9.17, 15) is 18.4 Å². The van der Waals surface area contributed by atoms with Gasteiger partial charge in [-0.15, -0.1) is 0 Å². The smallest absolute Gasteiger partial charge is 0.335 e. The first-order chi connectivity index (χ1) is 28.7. The van der Waals surface area contributed by atoms with Crippen molar-refractivity contribution in [3.05, 3.63) is 142 Å². The number of ether oxygens (including phenoxy) is 2. The van der Waals surface area contributed by atoms with Gasteiger partial charge in [-0.25, -0.2) is 13.6 Å². The molecule has 0 aromatic heterocycles. The van der Waals surface area contributed by atoms with Gasteiger partial charge in [0, 0.05) is 67.0 Å². The first-order valence-corrected chi connectivity index (χ1v) is 20.3. The Bertz CT molecular complexity index is 2130. The number of morpholine rings is 2. The third-order valence-corrected chi connectivity index (χ3v) is 11.6. The molecule has 0 radical (unpaired) electrons. The van der Waals surface area contributed by atoms with Crippen LogP contribution in [-0.4, -0.2) is 104 Å². The van der Waals surface area contributed by atoms with Gasteiger partial charge in [0.25, 0.3) is 5.91 Å². The molecule has 0 bridgehead atoms. The second-order valence-electron chi connectivity index (χ2n) is 15.2. The largest absolute Gasteiger partial charge is 0.478 e. The Morgan fingerprint density at radius 3 is 1.44 bits per heavy atom. The Morgan fingerprint density at radius 2 is 1.05 bits per heavy atom. The summed E-state index contributed by atoms with van der Waals surface area (Å²) in [6, 6.07) is 25.9. The van der Waals surface area contributed by atoms with Crippen molar-refractivity contribution in [2.75, 3.05) is 65.7 Å². The van der Waals surface area contributed by atoms with E-state index in [1.54, 1.807) is 72.8 Å². The van der Waals surface area contributed by atoms with Crippen LogP contribution in [-0.2, 0) is 9.47 Å². The quantitative estimate of drug-likeness (QED) is 0.186. The molecule has 8 rings (SSSR count). The average Bonchev–Trinajstić information content (AvgIpc) is 3.24. The zero-order chi connectivity index (χ0) is 41.5. The van der Waals surface area contributed by atoms with E-state index in [0.29, 0.717) is 34.3 Å². The fourth-order valence-corrected chi connectivity index (χ4v) is 7.65. The van der Waals surface area contributed by atoms with Crippen molar-refractivity contribution in [2.45, 2.75) is 49.6 Å². The summed E-state index contributed by atoms with van der Waals surface area (Å²) in [5.41, 5.74) is 9.15. The van der Waals surface area contributed by atoms with Crippen LogP contribution in [0.5, 0.6) is 0 Å². The molecule has 4 aliphatic rings. The van der Waals surface area contributed by atoms with Gasteiger partial charge in [0.1, 0.15) is 11.6 Å². The highest BCUT2D eigenvalue weighted by Gasteiger charge is 2.43. The van der Waals surface area contributed by atoms with Crippen LogP contribution in [0.3, 0.4) is 0 Å². The lowest BCUT2D eigenvalue weighted by molar-refractivity contribution is -0.0540. The molecule has 4 aromatic carbocycles. The predicted octanol–water partition coefficient (Wildman–Crippen LogP) is 6.33. The van der Waals surface area contributed by atoms with E-state index in [-0.39, 0.29) is 28.6 Å². The number of carboxylic acid groups (broad SMARTS) is 1. The van der Waals surface area contributed by atoms with Crippen molar-refractivity contribution in [1.82, 2.24) is 15.1 Å². The van der Waals surface area contributed by atoms with Gasteiger partial charge in [0.15, 0.2) is 0 Å². The molecule has 0 unspecified atom stereocenters. The zero-order valence-electron chi connectivity index (χ0n) is 33.4. The number of amides is 1. The fourth-order valence-electron chi connectivity index (χ4n) is 7.65. The molecule has 9 nitrogen and oxygen atoms in total. The summed E-state index contributed by atoms with van der Waals surface area (Å²) in [7, 11) is 0. The Morgan fingerprint density at radius 1 is 0.627 bits per heavy atom. The summed E-state index contributed by atoms with van der Waals surface area (Å²) >= 11 is 0. The summed E-state index contributed by atoms with van der Waals surface area (Å²) in [4.78, 5) is 28.3. The molecule has 4 fully saturated rings. The topological polar surface area (TPSA) is 117 Å². The minimum absolute atomic E-state index is 0.0712. The van der Waals surface area contributed by atoms with E-state index in [2.05, 4.69) is 38.8 Å². The van der Waals surface area contributed by atoms with Crippen molar-refractivity contribution in [3.63, 3.8) is 0 Å². The molecule has 2 aliphatic heterocycles. The molecule has 1 amide bonds. The van der Waals surface area contributed by atoms with E-state index in [1.807, 2.05) is 0 Å². The molecule has 2 aliphatic carbocycles. The van der Waals surface area contributed by atoms with E-state index < -0.39 is 5.97 Å². The summed E-state index contributed by atoms with van der Waals surface area (Å²) < 4.78 is 37.7. The van der Waals surface area contributed by atoms with Gasteiger partial charge < -0.3 is 25.6 Å². The van der Waals surface area contributed by atoms with Gasteiger partial charge in [-0.1, -0.05) is 47.9 Å². The van der Waals surface area contributed by atoms with E-state index in [0.717, 1.165) is 77.6 Å². The zero-order valence-corrected chi connectivity index (χ0v) is 33.4. The molecule has 59 heavy (non-hydrogen) atoms. The minimum Gasteiger partial charge on any atom is -0.478 e. The van der Waals surface area contributed by atoms with Gasteiger partial charge in [0.2, 0.25) is 0 Å². The van der Waals surface area contributed by atoms with Crippen molar-refractivity contribution < 1.29 is 33.0 Å². The maximum atomic E-state index is 13.6. The molecule has 0 spiro atoms. The number of nitrogens with two attached hydrogens (primary N) is 1. The highest BCUT2D eigenvalue weighted by Crippen LogP contribution is 2.38. The number of carbonyl (C=O) groups excluding carboxylic acids is 1. The number of carbonyl (C=O) groups is 2. The van der Waals surface area contributed by atoms with Crippen LogP contribution in [0.4, 0.5) is 8.78 Å². The fraction of sp³-hybridized carbons (Fsp3) is 0.375. The number of nitrogens with zero attached hydrogens (tertiary/aromatic N) is 2. The Hall–Kier alpha value is -5.40. The SMILES string of the molecule is NCC1(N2CCOCC2)CCC1.O=C(NCC1(N2CCOCC2)CCC1)c1ccc(C#Cc2ccccc2F)cc1.O=C(O)c1ccc(C#Cc2ccccc2F)cc1. The average molecular weight is 803 g/mol. The van der Waals surface area contributed by atoms with Gasteiger partial charge in [-0.3, -0.25) is 14.6 Å². The number of rotatable bonds is 7. The predicted molar refractivity (Wildman–Crippen MR) is 224 cm³/mol. The number of aromatic carboxylic acids is 1. The van der Waals surface area contributed by atoms with Crippen LogP contribution >= 0.6 is 0 Å². The first-order valence-electron chi connectivity index (χ1n) is 20.3. The van der Waals surface area contributed by atoms with Gasteiger partial charge in [-0.2, -0.15) is 0 Å². The molecule has 4 N–H and O–H groups in total. The lowest BCUT2D eigenvalue weighted by Gasteiger charge is -2.51. The van der Waals surface area contributed by atoms with Crippen LogP contribution in [0, 0.1) is 35.3 Å². The van der Waals surface area contributed by atoms with E-state index in [1.165, 1.54) is 49.9 Å². The van der Waals surface area contributed by atoms with Gasteiger partial charge >= 0.3 is 5.97 Å². The second kappa shape index (κ2) is 21.0. The number of hydrogen-bond acceptors (Lipinski definition) is 7. The Kier molecular flexibility index (Phi) is 15.4. The Labute approximate surface area is 345 Å². The third-order valence-electron chi connectivity index (χ3n) is 11.6. The molecule has 2 heterocycles. The highest BCUT2D eigenvalue weighted by atomic mass is 19.1. The molecule has 2 saturated carbocycles. The van der Waals surface area contributed by atoms with Crippen LogP contribution in [0.15, 0.2) is 97.1 Å². The van der Waals surface area contributed by atoms with Crippen LogP contribution < -0.4 is 11.1 Å². The number of benzene rings is 4. The van der Waals surface area contributed by atoms with Crippen LogP contribution in [0.2, 0.25) is 0 Å². The minimum atomic E-state index is -0.983. The number of halogens is 2. The number of nitrogens with one attached hydrogen (secondary N) is 1. The van der Waals surface area contributed by atoms with E-state index in [4.69, 9.17) is 20.3 Å². The van der Waals surface area contributed by atoms with Crippen molar-refractivity contribution in [2.24, 2.45) is 5.73 Å². The summed E-state index contributed by atoms with van der Waals surface area (Å²) in [6.45, 7) is 8.85. The molecule has 308 valence electrons. The van der Waals surface area contributed by atoms with Gasteiger partial charge in [0.05, 0.1) is 43.1 Å². The highest BCUT2D eigenvalue weighted by molar-refractivity contribution is 5.94. The lowest BCUT2D eigenvalue weighted by Crippen LogP contribution is -2.62. The standard InChI is InChI=1S/C24H25FN2O2.C15H9FO2.C9H18N2O/c25-22-5-2-1-4-20(22)9-6-19-7-10-21(11-8-19)23(28)26-18-24(12-3-13-24)27-14-16-29-17-15-27;16-14-4-2-1-3-12(14)8-5-11-6-9-13(10-7-11)15(17)18;10-8-9(2-1-3-9)11-4-6-12-7-5-11/h1-2,4-5,7-8,10-11H,3,12-18H2,(H,26,28);1-4,6-7,9-10H,(H,17,18);1-8,10H2.